The standard InChI is InChI=1S/C29H36N4O2/c1-19(21-7-9-22(10-8-21)26-31-27(35-33-26)23-12-15-30-17-23)32-34-18-20-6-11-24-25(16-20)29(4,5)14-13-28(24,2)3/h6-11,16,23,30H,12-15,17-18H2,1-5H3/b32-19+/t23-/m1/s1. The second-order valence-corrected chi connectivity index (χ2v) is 11.3. The first-order valence-electron chi connectivity index (χ1n) is 12.7. The summed E-state index contributed by atoms with van der Waals surface area (Å²) < 4.78 is 5.49. The molecule has 0 amide bonds. The topological polar surface area (TPSA) is 72.5 Å². The second kappa shape index (κ2) is 9.23. The van der Waals surface area contributed by atoms with Gasteiger partial charge in [-0.25, -0.2) is 0 Å². The van der Waals surface area contributed by atoms with E-state index in [0.29, 0.717) is 24.2 Å². The SMILES string of the molecule is C/C(=N\OCc1ccc2c(c1)C(C)(C)CCC2(C)C)c1ccc(-c2noc([C@@H]3CCNC3)n2)cc1. The molecule has 184 valence electrons. The number of benzene rings is 2. The third-order valence-electron chi connectivity index (χ3n) is 7.76. The van der Waals surface area contributed by atoms with Gasteiger partial charge in [0.1, 0.15) is 6.61 Å². The number of oxime groups is 1. The van der Waals surface area contributed by atoms with Crippen molar-refractivity contribution in [1.29, 1.82) is 0 Å². The van der Waals surface area contributed by atoms with Gasteiger partial charge >= 0.3 is 0 Å². The molecule has 0 bridgehead atoms. The summed E-state index contributed by atoms with van der Waals surface area (Å²) in [4.78, 5) is 10.4. The molecule has 2 aromatic carbocycles. The van der Waals surface area contributed by atoms with Gasteiger partial charge in [0, 0.05) is 12.1 Å². The van der Waals surface area contributed by atoms with Gasteiger partial charge in [0.05, 0.1) is 11.6 Å². The molecule has 0 radical (unpaired) electrons. The molecule has 0 spiro atoms. The minimum atomic E-state index is 0.190. The van der Waals surface area contributed by atoms with Crippen molar-refractivity contribution in [2.45, 2.75) is 77.2 Å². The molecule has 6 heteroatoms. The van der Waals surface area contributed by atoms with Crippen LogP contribution in [0.5, 0.6) is 0 Å². The van der Waals surface area contributed by atoms with Crippen LogP contribution >= 0.6 is 0 Å². The summed E-state index contributed by atoms with van der Waals surface area (Å²) in [6.45, 7) is 13.7. The molecule has 3 aromatic rings. The van der Waals surface area contributed by atoms with E-state index in [9.17, 15) is 0 Å². The van der Waals surface area contributed by atoms with E-state index in [2.05, 4.69) is 66.5 Å². The molecule has 0 unspecified atom stereocenters. The first kappa shape index (κ1) is 23.7. The Labute approximate surface area is 208 Å². The van der Waals surface area contributed by atoms with Crippen LogP contribution in [0.3, 0.4) is 0 Å². The summed E-state index contributed by atoms with van der Waals surface area (Å²) in [5.41, 5.74) is 7.25. The van der Waals surface area contributed by atoms with E-state index in [4.69, 9.17) is 9.36 Å². The number of hydrogen-bond donors (Lipinski definition) is 1. The van der Waals surface area contributed by atoms with Crippen molar-refractivity contribution in [1.82, 2.24) is 15.5 Å². The van der Waals surface area contributed by atoms with E-state index >= 15 is 0 Å². The molecule has 5 rings (SSSR count). The Morgan fingerprint density at radius 3 is 2.51 bits per heavy atom. The van der Waals surface area contributed by atoms with Gasteiger partial charge in [-0.1, -0.05) is 80.5 Å². The van der Waals surface area contributed by atoms with E-state index in [1.165, 1.54) is 24.0 Å². The summed E-state index contributed by atoms with van der Waals surface area (Å²) in [6.07, 6.45) is 3.46. The zero-order valence-electron chi connectivity index (χ0n) is 21.5. The Morgan fingerprint density at radius 2 is 1.80 bits per heavy atom. The molecule has 1 fully saturated rings. The summed E-state index contributed by atoms with van der Waals surface area (Å²) in [6, 6.07) is 14.8. The Kier molecular flexibility index (Phi) is 6.26. The fourth-order valence-electron chi connectivity index (χ4n) is 5.23. The molecule has 1 N–H and O–H groups in total. The van der Waals surface area contributed by atoms with E-state index < -0.39 is 0 Å². The summed E-state index contributed by atoms with van der Waals surface area (Å²) >= 11 is 0. The molecular weight excluding hydrogens is 436 g/mol. The Bertz CT molecular complexity index is 1220. The van der Waals surface area contributed by atoms with Crippen molar-refractivity contribution in [3.63, 3.8) is 0 Å². The van der Waals surface area contributed by atoms with Crippen molar-refractivity contribution in [3.05, 3.63) is 70.6 Å². The smallest absolute Gasteiger partial charge is 0.231 e. The monoisotopic (exact) mass is 472 g/mol. The maximum absolute atomic E-state index is 5.76. The van der Waals surface area contributed by atoms with Crippen LogP contribution in [0, 0.1) is 0 Å². The lowest BCUT2D eigenvalue weighted by atomic mass is 9.63. The first-order valence-corrected chi connectivity index (χ1v) is 12.7. The Hall–Kier alpha value is -2.99. The van der Waals surface area contributed by atoms with Gasteiger partial charge in [-0.05, 0) is 65.8 Å². The highest BCUT2D eigenvalue weighted by molar-refractivity contribution is 5.98. The van der Waals surface area contributed by atoms with Gasteiger partial charge < -0.3 is 14.7 Å². The van der Waals surface area contributed by atoms with E-state index in [1.807, 2.05) is 31.2 Å². The average molecular weight is 473 g/mol. The fraction of sp³-hybridized carbons (Fsp3) is 0.483. The number of aromatic nitrogens is 2. The minimum absolute atomic E-state index is 0.190. The number of rotatable bonds is 6. The molecule has 0 saturated carbocycles. The van der Waals surface area contributed by atoms with Crippen LogP contribution in [-0.2, 0) is 22.3 Å². The first-order chi connectivity index (χ1) is 16.7. The third-order valence-corrected chi connectivity index (χ3v) is 7.76. The van der Waals surface area contributed by atoms with Crippen LogP contribution < -0.4 is 5.32 Å². The van der Waals surface area contributed by atoms with Crippen molar-refractivity contribution in [2.75, 3.05) is 13.1 Å². The van der Waals surface area contributed by atoms with Gasteiger partial charge in [-0.15, -0.1) is 0 Å². The van der Waals surface area contributed by atoms with Crippen LogP contribution in [0.2, 0.25) is 0 Å². The predicted octanol–water partition coefficient (Wildman–Crippen LogP) is 6.10. The minimum Gasteiger partial charge on any atom is -0.391 e. The largest absolute Gasteiger partial charge is 0.391 e. The maximum atomic E-state index is 5.76. The Balaban J connectivity index is 1.24. The van der Waals surface area contributed by atoms with Crippen molar-refractivity contribution in [3.8, 4) is 11.4 Å². The lowest BCUT2D eigenvalue weighted by Crippen LogP contribution is -2.33. The van der Waals surface area contributed by atoms with E-state index in [1.54, 1.807) is 0 Å². The van der Waals surface area contributed by atoms with Crippen LogP contribution in [0.25, 0.3) is 11.4 Å². The van der Waals surface area contributed by atoms with E-state index in [-0.39, 0.29) is 10.8 Å². The molecule has 1 aromatic heterocycles. The quantitative estimate of drug-likeness (QED) is 0.346. The van der Waals surface area contributed by atoms with Crippen LogP contribution in [0.4, 0.5) is 0 Å². The fourth-order valence-corrected chi connectivity index (χ4v) is 5.23. The molecule has 1 aliphatic heterocycles. The summed E-state index contributed by atoms with van der Waals surface area (Å²) in [5.74, 6) is 1.66. The zero-order valence-corrected chi connectivity index (χ0v) is 21.5. The number of nitrogens with one attached hydrogen (secondary N) is 1. The molecular formula is C29H36N4O2. The lowest BCUT2D eigenvalue weighted by molar-refractivity contribution is 0.130. The number of fused-ring (bicyclic) bond motifs is 1. The number of nitrogens with zero attached hydrogens (tertiary/aromatic N) is 3. The summed E-state index contributed by atoms with van der Waals surface area (Å²) in [7, 11) is 0. The van der Waals surface area contributed by atoms with Crippen molar-refractivity contribution >= 4 is 5.71 Å². The predicted molar refractivity (Wildman–Crippen MR) is 139 cm³/mol. The third kappa shape index (κ3) is 4.90. The summed E-state index contributed by atoms with van der Waals surface area (Å²) in [5, 5.41) is 11.9. The highest BCUT2D eigenvalue weighted by Gasteiger charge is 2.36. The van der Waals surface area contributed by atoms with Gasteiger partial charge in [-0.2, -0.15) is 4.98 Å². The van der Waals surface area contributed by atoms with Crippen molar-refractivity contribution < 1.29 is 9.36 Å². The normalized spacial score (nSPS) is 21.1. The molecule has 35 heavy (non-hydrogen) atoms. The highest BCUT2D eigenvalue weighted by Crippen LogP contribution is 2.45. The van der Waals surface area contributed by atoms with Gasteiger partial charge in [0.25, 0.3) is 0 Å². The van der Waals surface area contributed by atoms with Gasteiger partial charge in [0.15, 0.2) is 0 Å². The number of hydrogen-bond acceptors (Lipinski definition) is 6. The van der Waals surface area contributed by atoms with Crippen LogP contribution in [0.1, 0.15) is 87.9 Å². The average Bonchev–Trinajstić information content (AvgIpc) is 3.54. The molecule has 2 heterocycles. The van der Waals surface area contributed by atoms with Gasteiger partial charge in [-0.3, -0.25) is 0 Å². The van der Waals surface area contributed by atoms with E-state index in [0.717, 1.165) is 41.9 Å². The zero-order chi connectivity index (χ0) is 24.6. The Morgan fingerprint density at radius 1 is 1.06 bits per heavy atom. The van der Waals surface area contributed by atoms with Crippen LogP contribution in [0.15, 0.2) is 52.1 Å². The van der Waals surface area contributed by atoms with Crippen LogP contribution in [-0.4, -0.2) is 28.9 Å². The maximum Gasteiger partial charge on any atom is 0.231 e. The highest BCUT2D eigenvalue weighted by atomic mass is 16.6. The van der Waals surface area contributed by atoms with Crippen molar-refractivity contribution in [2.24, 2.45) is 5.16 Å². The lowest BCUT2D eigenvalue weighted by Gasteiger charge is -2.42. The molecule has 6 nitrogen and oxygen atoms in total. The molecule has 1 aliphatic carbocycles. The molecule has 1 atom stereocenters. The molecule has 2 aliphatic rings. The second-order valence-electron chi connectivity index (χ2n) is 11.3. The van der Waals surface area contributed by atoms with Gasteiger partial charge in [0.2, 0.25) is 11.7 Å². The molecule has 1 saturated heterocycles.